The SMILES string of the molecule is COc1ccc(C2CC(NC(=O)C(CC(C)C)n3ccnc3)C2)cc1. The number of benzene rings is 1. The molecule has 1 aliphatic rings. The molecule has 3 rings (SSSR count). The van der Waals surface area contributed by atoms with E-state index in [0.29, 0.717) is 11.8 Å². The Labute approximate surface area is 149 Å². The van der Waals surface area contributed by atoms with Crippen molar-refractivity contribution in [2.45, 2.75) is 51.1 Å². The largest absolute Gasteiger partial charge is 0.497 e. The Kier molecular flexibility index (Phi) is 5.41. The highest BCUT2D eigenvalue weighted by atomic mass is 16.5. The van der Waals surface area contributed by atoms with E-state index in [1.165, 1.54) is 5.56 Å². The second-order valence-corrected chi connectivity index (χ2v) is 7.30. The summed E-state index contributed by atoms with van der Waals surface area (Å²) in [6.45, 7) is 4.28. The van der Waals surface area contributed by atoms with Crippen molar-refractivity contribution in [3.05, 3.63) is 48.5 Å². The van der Waals surface area contributed by atoms with Crippen molar-refractivity contribution in [1.82, 2.24) is 14.9 Å². The molecule has 0 saturated heterocycles. The van der Waals surface area contributed by atoms with Gasteiger partial charge >= 0.3 is 0 Å². The number of imidazole rings is 1. The van der Waals surface area contributed by atoms with Gasteiger partial charge in [0.2, 0.25) is 5.91 Å². The minimum absolute atomic E-state index is 0.102. The van der Waals surface area contributed by atoms with Gasteiger partial charge in [0.15, 0.2) is 0 Å². The molecule has 25 heavy (non-hydrogen) atoms. The molecule has 1 aliphatic carbocycles. The fourth-order valence-electron chi connectivity index (χ4n) is 3.45. The Balaban J connectivity index is 1.55. The molecule has 0 radical (unpaired) electrons. The van der Waals surface area contributed by atoms with Gasteiger partial charge in [0.25, 0.3) is 0 Å². The summed E-state index contributed by atoms with van der Waals surface area (Å²) in [6, 6.07) is 8.32. The van der Waals surface area contributed by atoms with Crippen LogP contribution in [0.15, 0.2) is 43.0 Å². The number of amides is 1. The fourth-order valence-corrected chi connectivity index (χ4v) is 3.45. The molecule has 134 valence electrons. The lowest BCUT2D eigenvalue weighted by Gasteiger charge is -2.37. The lowest BCUT2D eigenvalue weighted by Crippen LogP contribution is -2.46. The topological polar surface area (TPSA) is 56.1 Å². The van der Waals surface area contributed by atoms with Crippen molar-refractivity contribution in [3.63, 3.8) is 0 Å². The van der Waals surface area contributed by atoms with Crippen LogP contribution < -0.4 is 10.1 Å². The van der Waals surface area contributed by atoms with E-state index in [2.05, 4.69) is 36.3 Å². The Morgan fingerprint density at radius 1 is 1.32 bits per heavy atom. The van der Waals surface area contributed by atoms with Crippen molar-refractivity contribution in [2.24, 2.45) is 5.92 Å². The first-order valence-corrected chi connectivity index (χ1v) is 8.98. The number of methoxy groups -OCH3 is 1. The molecule has 1 unspecified atom stereocenters. The third kappa shape index (κ3) is 4.21. The van der Waals surface area contributed by atoms with E-state index in [1.807, 2.05) is 22.9 Å². The summed E-state index contributed by atoms with van der Waals surface area (Å²) in [5.41, 5.74) is 1.32. The average Bonchev–Trinajstić information content (AvgIpc) is 3.09. The quantitative estimate of drug-likeness (QED) is 0.838. The van der Waals surface area contributed by atoms with Crippen molar-refractivity contribution in [1.29, 1.82) is 0 Å². The van der Waals surface area contributed by atoms with Crippen LogP contribution in [-0.2, 0) is 4.79 Å². The van der Waals surface area contributed by atoms with Gasteiger partial charge in [0, 0.05) is 18.4 Å². The highest BCUT2D eigenvalue weighted by Crippen LogP contribution is 2.37. The monoisotopic (exact) mass is 341 g/mol. The number of nitrogens with zero attached hydrogens (tertiary/aromatic N) is 2. The summed E-state index contributed by atoms with van der Waals surface area (Å²) >= 11 is 0. The van der Waals surface area contributed by atoms with Crippen LogP contribution in [0.25, 0.3) is 0 Å². The standard InChI is InChI=1S/C20H27N3O2/c1-14(2)10-19(23-9-8-21-13-23)20(24)22-17-11-16(12-17)15-4-6-18(25-3)7-5-15/h4-9,13-14,16-17,19H,10-12H2,1-3H3,(H,22,24). The summed E-state index contributed by atoms with van der Waals surface area (Å²) in [5.74, 6) is 1.95. The van der Waals surface area contributed by atoms with Gasteiger partial charge in [-0.25, -0.2) is 4.98 Å². The van der Waals surface area contributed by atoms with Gasteiger partial charge in [-0.2, -0.15) is 0 Å². The maximum Gasteiger partial charge on any atom is 0.243 e. The van der Waals surface area contributed by atoms with Gasteiger partial charge in [-0.1, -0.05) is 26.0 Å². The molecule has 0 aliphatic heterocycles. The second-order valence-electron chi connectivity index (χ2n) is 7.30. The zero-order chi connectivity index (χ0) is 17.8. The number of hydrogen-bond donors (Lipinski definition) is 1. The van der Waals surface area contributed by atoms with Crippen LogP contribution in [0.1, 0.15) is 50.6 Å². The lowest BCUT2D eigenvalue weighted by atomic mass is 9.75. The number of aromatic nitrogens is 2. The molecule has 2 aromatic rings. The summed E-state index contributed by atoms with van der Waals surface area (Å²) in [5, 5.41) is 3.22. The van der Waals surface area contributed by atoms with Gasteiger partial charge < -0.3 is 14.6 Å². The smallest absolute Gasteiger partial charge is 0.243 e. The minimum Gasteiger partial charge on any atom is -0.497 e. The Morgan fingerprint density at radius 2 is 2.04 bits per heavy atom. The number of rotatable bonds is 7. The van der Waals surface area contributed by atoms with Crippen LogP contribution in [0.5, 0.6) is 5.75 Å². The van der Waals surface area contributed by atoms with Gasteiger partial charge in [-0.15, -0.1) is 0 Å². The zero-order valence-corrected chi connectivity index (χ0v) is 15.2. The third-order valence-electron chi connectivity index (χ3n) is 4.95. The number of carbonyl (C=O) groups is 1. The predicted molar refractivity (Wildman–Crippen MR) is 97.6 cm³/mol. The summed E-state index contributed by atoms with van der Waals surface area (Å²) in [4.78, 5) is 16.8. The maximum atomic E-state index is 12.7. The second kappa shape index (κ2) is 7.72. The molecule has 1 atom stereocenters. The molecule has 1 heterocycles. The lowest BCUT2D eigenvalue weighted by molar-refractivity contribution is -0.126. The molecule has 1 aromatic heterocycles. The van der Waals surface area contributed by atoms with Crippen LogP contribution in [-0.4, -0.2) is 28.6 Å². The van der Waals surface area contributed by atoms with Gasteiger partial charge in [0.1, 0.15) is 11.8 Å². The van der Waals surface area contributed by atoms with Gasteiger partial charge in [-0.05, 0) is 48.8 Å². The van der Waals surface area contributed by atoms with E-state index < -0.39 is 0 Å². The first-order chi connectivity index (χ1) is 12.1. The van der Waals surface area contributed by atoms with E-state index in [0.717, 1.165) is 25.0 Å². The predicted octanol–water partition coefficient (Wildman–Crippen LogP) is 3.54. The molecule has 1 saturated carbocycles. The normalized spacial score (nSPS) is 20.8. The molecule has 5 heteroatoms. The molecule has 0 spiro atoms. The molecule has 5 nitrogen and oxygen atoms in total. The summed E-state index contributed by atoms with van der Waals surface area (Å²) in [7, 11) is 1.68. The molecule has 1 fully saturated rings. The summed E-state index contributed by atoms with van der Waals surface area (Å²) < 4.78 is 7.11. The third-order valence-corrected chi connectivity index (χ3v) is 4.95. The van der Waals surface area contributed by atoms with E-state index in [4.69, 9.17) is 4.74 Å². The minimum atomic E-state index is -0.178. The number of carbonyl (C=O) groups excluding carboxylic acids is 1. The summed E-state index contributed by atoms with van der Waals surface area (Å²) in [6.07, 6.45) is 8.13. The molecule has 1 aromatic carbocycles. The van der Waals surface area contributed by atoms with E-state index >= 15 is 0 Å². The highest BCUT2D eigenvalue weighted by molar-refractivity contribution is 5.80. The van der Waals surface area contributed by atoms with Crippen molar-refractivity contribution >= 4 is 5.91 Å². The van der Waals surface area contributed by atoms with E-state index in [-0.39, 0.29) is 18.0 Å². The van der Waals surface area contributed by atoms with Gasteiger partial charge in [0.05, 0.1) is 13.4 Å². The van der Waals surface area contributed by atoms with Crippen LogP contribution in [0, 0.1) is 5.92 Å². The van der Waals surface area contributed by atoms with Crippen molar-refractivity contribution in [3.8, 4) is 5.75 Å². The van der Waals surface area contributed by atoms with Crippen LogP contribution in [0.4, 0.5) is 0 Å². The highest BCUT2D eigenvalue weighted by Gasteiger charge is 2.33. The number of hydrogen-bond acceptors (Lipinski definition) is 3. The molecule has 0 bridgehead atoms. The van der Waals surface area contributed by atoms with Crippen LogP contribution >= 0.6 is 0 Å². The van der Waals surface area contributed by atoms with Gasteiger partial charge in [-0.3, -0.25) is 4.79 Å². The molecule has 1 N–H and O–H groups in total. The maximum absolute atomic E-state index is 12.7. The Bertz CT molecular complexity index is 673. The molecular formula is C20H27N3O2. The molecular weight excluding hydrogens is 314 g/mol. The fraction of sp³-hybridized carbons (Fsp3) is 0.500. The van der Waals surface area contributed by atoms with Crippen LogP contribution in [0.2, 0.25) is 0 Å². The Hall–Kier alpha value is -2.30. The first kappa shape index (κ1) is 17.5. The van der Waals surface area contributed by atoms with E-state index in [9.17, 15) is 4.79 Å². The molecule has 1 amide bonds. The average molecular weight is 341 g/mol. The zero-order valence-electron chi connectivity index (χ0n) is 15.2. The Morgan fingerprint density at radius 3 is 2.60 bits per heavy atom. The van der Waals surface area contributed by atoms with Crippen LogP contribution in [0.3, 0.4) is 0 Å². The number of nitrogens with one attached hydrogen (secondary N) is 1. The van der Waals surface area contributed by atoms with E-state index in [1.54, 1.807) is 19.6 Å². The van der Waals surface area contributed by atoms with Crippen molar-refractivity contribution in [2.75, 3.05) is 7.11 Å². The van der Waals surface area contributed by atoms with Crippen molar-refractivity contribution < 1.29 is 9.53 Å². The first-order valence-electron chi connectivity index (χ1n) is 8.98. The number of ether oxygens (including phenoxy) is 1.